The number of aromatic nitrogens is 2. The van der Waals surface area contributed by atoms with Gasteiger partial charge >= 0.3 is 0 Å². The van der Waals surface area contributed by atoms with Gasteiger partial charge < -0.3 is 20.9 Å². The number of rotatable bonds is 7. The summed E-state index contributed by atoms with van der Waals surface area (Å²) in [5.41, 5.74) is 2.48. The van der Waals surface area contributed by atoms with E-state index in [1.807, 2.05) is 6.07 Å². The maximum absolute atomic E-state index is 15.2. The standard InChI is InChI=1S/C24H21ClF2N6O/c1-29-21(4-7-28)32-24-30-8-5-20(31-24)16-10-15-6-9-33(23(15)19(27)11-16)22(34)12-14-2-3-17(26)13-18(14)25/h2-5,7-8,10-11,13,28-29H,6,9,12H2,1H3,(H,30,31,32)/b21-4+,28-7?. The van der Waals surface area contributed by atoms with Crippen LogP contribution in [0, 0.1) is 17.0 Å². The number of hydrogen-bond acceptors (Lipinski definition) is 6. The third-order valence-corrected chi connectivity index (χ3v) is 5.74. The molecule has 1 aliphatic rings. The summed E-state index contributed by atoms with van der Waals surface area (Å²) < 4.78 is 28.5. The Balaban J connectivity index is 1.58. The maximum Gasteiger partial charge on any atom is 0.231 e. The Morgan fingerprint density at radius 3 is 2.82 bits per heavy atom. The van der Waals surface area contributed by atoms with E-state index in [-0.39, 0.29) is 29.0 Å². The number of fused-ring (bicyclic) bond motifs is 1. The van der Waals surface area contributed by atoms with Gasteiger partial charge in [-0.1, -0.05) is 17.7 Å². The van der Waals surface area contributed by atoms with Crippen LogP contribution in [0.2, 0.25) is 5.02 Å². The van der Waals surface area contributed by atoms with Crippen molar-refractivity contribution in [1.82, 2.24) is 15.3 Å². The molecule has 1 aromatic heterocycles. The van der Waals surface area contributed by atoms with Gasteiger partial charge in [-0.2, -0.15) is 0 Å². The van der Waals surface area contributed by atoms with Gasteiger partial charge in [0.2, 0.25) is 11.9 Å². The Morgan fingerprint density at radius 1 is 1.26 bits per heavy atom. The topological polar surface area (TPSA) is 94.0 Å². The van der Waals surface area contributed by atoms with Gasteiger partial charge in [-0.15, -0.1) is 0 Å². The number of hydrogen-bond donors (Lipinski definition) is 3. The second-order valence-corrected chi connectivity index (χ2v) is 7.97. The average Bonchev–Trinajstić information content (AvgIpc) is 3.25. The Hall–Kier alpha value is -3.85. The van der Waals surface area contributed by atoms with E-state index in [0.29, 0.717) is 41.2 Å². The number of halogens is 3. The lowest BCUT2D eigenvalue weighted by Gasteiger charge is -2.19. The quantitative estimate of drug-likeness (QED) is 0.436. The number of amides is 1. The van der Waals surface area contributed by atoms with E-state index in [9.17, 15) is 9.18 Å². The zero-order chi connectivity index (χ0) is 24.2. The summed E-state index contributed by atoms with van der Waals surface area (Å²) in [6.45, 7) is 0.337. The first-order valence-electron chi connectivity index (χ1n) is 10.4. The Labute approximate surface area is 200 Å². The Morgan fingerprint density at radius 2 is 2.09 bits per heavy atom. The molecule has 0 spiro atoms. The lowest BCUT2D eigenvalue weighted by atomic mass is 10.0. The lowest BCUT2D eigenvalue weighted by Crippen LogP contribution is -2.31. The molecular weight excluding hydrogens is 462 g/mol. The van der Waals surface area contributed by atoms with Crippen LogP contribution < -0.4 is 15.5 Å². The molecule has 10 heteroatoms. The van der Waals surface area contributed by atoms with Crippen molar-refractivity contribution in [2.45, 2.75) is 12.8 Å². The van der Waals surface area contributed by atoms with E-state index < -0.39 is 11.6 Å². The minimum atomic E-state index is -0.531. The Kier molecular flexibility index (Phi) is 6.83. The van der Waals surface area contributed by atoms with E-state index in [4.69, 9.17) is 17.0 Å². The zero-order valence-corrected chi connectivity index (χ0v) is 19.0. The van der Waals surface area contributed by atoms with Crippen molar-refractivity contribution in [2.24, 2.45) is 0 Å². The van der Waals surface area contributed by atoms with Crippen molar-refractivity contribution in [3.05, 3.63) is 82.3 Å². The molecule has 3 N–H and O–H groups in total. The molecule has 0 saturated carbocycles. The predicted octanol–water partition coefficient (Wildman–Crippen LogP) is 4.33. The van der Waals surface area contributed by atoms with Gasteiger partial charge in [0.25, 0.3) is 0 Å². The summed E-state index contributed by atoms with van der Waals surface area (Å²) in [6, 6.07) is 8.68. The molecule has 1 amide bonds. The highest BCUT2D eigenvalue weighted by Crippen LogP contribution is 2.35. The normalized spacial score (nSPS) is 12.9. The van der Waals surface area contributed by atoms with Gasteiger partial charge in [0.05, 0.1) is 17.8 Å². The molecule has 0 radical (unpaired) electrons. The molecule has 174 valence electrons. The summed E-state index contributed by atoms with van der Waals surface area (Å²) in [5, 5.41) is 13.2. The predicted molar refractivity (Wildman–Crippen MR) is 128 cm³/mol. The molecular formula is C24H21ClF2N6O. The van der Waals surface area contributed by atoms with Crippen LogP contribution in [-0.2, 0) is 17.6 Å². The van der Waals surface area contributed by atoms with Crippen LogP contribution in [0.5, 0.6) is 0 Å². The number of nitrogens with zero attached hydrogens (tertiary/aromatic N) is 3. The fourth-order valence-electron chi connectivity index (χ4n) is 3.78. The van der Waals surface area contributed by atoms with Gasteiger partial charge in [0.1, 0.15) is 17.5 Å². The smallest absolute Gasteiger partial charge is 0.231 e. The van der Waals surface area contributed by atoms with Crippen molar-refractivity contribution in [2.75, 3.05) is 23.8 Å². The minimum Gasteiger partial charge on any atom is -0.375 e. The SMILES string of the molecule is CN/C(=C\C=N)Nc1nccc(-c2cc(F)c3c(c2)CCN3C(=O)Cc2ccc(F)cc2Cl)n1. The zero-order valence-electron chi connectivity index (χ0n) is 18.2. The first-order chi connectivity index (χ1) is 16.4. The third-order valence-electron chi connectivity index (χ3n) is 5.39. The van der Waals surface area contributed by atoms with Gasteiger partial charge in [0.15, 0.2) is 0 Å². The molecule has 7 nitrogen and oxygen atoms in total. The molecule has 0 aliphatic carbocycles. The molecule has 1 aliphatic heterocycles. The largest absolute Gasteiger partial charge is 0.375 e. The van der Waals surface area contributed by atoms with Crippen molar-refractivity contribution >= 4 is 35.4 Å². The van der Waals surface area contributed by atoms with Crippen molar-refractivity contribution in [1.29, 1.82) is 5.41 Å². The van der Waals surface area contributed by atoms with Crippen LogP contribution in [0.25, 0.3) is 11.3 Å². The number of anilines is 2. The summed E-state index contributed by atoms with van der Waals surface area (Å²) in [7, 11) is 1.69. The van der Waals surface area contributed by atoms with Crippen molar-refractivity contribution in [3.63, 3.8) is 0 Å². The molecule has 3 aromatic rings. The average molecular weight is 483 g/mol. The fourth-order valence-corrected chi connectivity index (χ4v) is 4.02. The maximum atomic E-state index is 15.2. The molecule has 0 saturated heterocycles. The molecule has 0 atom stereocenters. The van der Waals surface area contributed by atoms with E-state index in [2.05, 4.69) is 20.6 Å². The van der Waals surface area contributed by atoms with Crippen molar-refractivity contribution < 1.29 is 13.6 Å². The Bertz CT molecular complexity index is 1300. The third kappa shape index (κ3) is 4.89. The van der Waals surface area contributed by atoms with Crippen molar-refractivity contribution in [3.8, 4) is 11.3 Å². The summed E-state index contributed by atoms with van der Waals surface area (Å²) in [6.07, 6.45) is 4.62. The van der Waals surface area contributed by atoms with Gasteiger partial charge in [-0.05, 0) is 54.0 Å². The highest BCUT2D eigenvalue weighted by Gasteiger charge is 2.29. The minimum absolute atomic E-state index is 0.0578. The molecule has 0 bridgehead atoms. The van der Waals surface area contributed by atoms with Crippen LogP contribution in [0.1, 0.15) is 11.1 Å². The van der Waals surface area contributed by atoms with Crippen LogP contribution >= 0.6 is 11.6 Å². The van der Waals surface area contributed by atoms with E-state index in [0.717, 1.165) is 12.3 Å². The molecule has 0 unspecified atom stereocenters. The van der Waals surface area contributed by atoms with Gasteiger partial charge in [-0.25, -0.2) is 18.7 Å². The molecule has 4 rings (SSSR count). The number of carbonyl (C=O) groups excluding carboxylic acids is 1. The highest BCUT2D eigenvalue weighted by atomic mass is 35.5. The summed E-state index contributed by atoms with van der Waals surface area (Å²) in [4.78, 5) is 22.9. The first kappa shape index (κ1) is 23.3. The van der Waals surface area contributed by atoms with Gasteiger partial charge in [-0.3, -0.25) is 4.79 Å². The monoisotopic (exact) mass is 482 g/mol. The molecule has 2 aromatic carbocycles. The fraction of sp³-hybridized carbons (Fsp3) is 0.167. The number of benzene rings is 2. The molecule has 0 fully saturated rings. The number of carbonyl (C=O) groups is 1. The first-order valence-corrected chi connectivity index (χ1v) is 10.8. The van der Waals surface area contributed by atoms with E-state index >= 15 is 4.39 Å². The van der Waals surface area contributed by atoms with Gasteiger partial charge in [0, 0.05) is 36.6 Å². The highest BCUT2D eigenvalue weighted by molar-refractivity contribution is 6.31. The lowest BCUT2D eigenvalue weighted by molar-refractivity contribution is -0.117. The molecule has 2 heterocycles. The molecule has 34 heavy (non-hydrogen) atoms. The van der Waals surface area contributed by atoms with Crippen LogP contribution in [0.4, 0.5) is 20.4 Å². The van der Waals surface area contributed by atoms with Crippen LogP contribution in [-0.4, -0.2) is 35.7 Å². The second-order valence-electron chi connectivity index (χ2n) is 7.56. The second kappa shape index (κ2) is 9.96. The van der Waals surface area contributed by atoms with E-state index in [1.165, 1.54) is 29.2 Å². The summed E-state index contributed by atoms with van der Waals surface area (Å²) in [5.74, 6) is -0.514. The number of allylic oxidation sites excluding steroid dienone is 1. The number of nitrogens with one attached hydrogen (secondary N) is 3. The van der Waals surface area contributed by atoms with Crippen LogP contribution in [0.15, 0.2) is 54.5 Å². The van der Waals surface area contributed by atoms with E-state index in [1.54, 1.807) is 19.3 Å². The van der Waals surface area contributed by atoms with Crippen LogP contribution in [0.3, 0.4) is 0 Å². The summed E-state index contributed by atoms with van der Waals surface area (Å²) >= 11 is 6.05.